The fourth-order valence-electron chi connectivity index (χ4n) is 5.47. The summed E-state index contributed by atoms with van der Waals surface area (Å²) in [5.41, 5.74) is 4.51. The molecule has 35 heavy (non-hydrogen) atoms. The molecule has 6 nitrogen and oxygen atoms in total. The van der Waals surface area contributed by atoms with E-state index in [1.165, 1.54) is 0 Å². The van der Waals surface area contributed by atoms with Gasteiger partial charge in [-0.15, -0.1) is 0 Å². The number of carbonyl (C=O) groups excluding carboxylic acids is 2. The summed E-state index contributed by atoms with van der Waals surface area (Å²) in [6.45, 7) is 3.65. The van der Waals surface area contributed by atoms with Crippen molar-refractivity contribution in [3.8, 4) is 11.5 Å². The number of fused-ring (bicyclic) bond motifs is 4. The van der Waals surface area contributed by atoms with Crippen LogP contribution in [0.3, 0.4) is 0 Å². The molecule has 2 aliphatic heterocycles. The van der Waals surface area contributed by atoms with Crippen molar-refractivity contribution < 1.29 is 19.1 Å². The van der Waals surface area contributed by atoms with Gasteiger partial charge in [0, 0.05) is 25.2 Å². The average Bonchev–Trinajstić information content (AvgIpc) is 2.91. The van der Waals surface area contributed by atoms with Gasteiger partial charge in [0.25, 0.3) is 5.91 Å². The van der Waals surface area contributed by atoms with E-state index in [4.69, 9.17) is 9.47 Å². The maximum absolute atomic E-state index is 14.3. The second-order valence-corrected chi connectivity index (χ2v) is 9.00. The average molecular weight is 471 g/mol. The third kappa shape index (κ3) is 3.93. The van der Waals surface area contributed by atoms with E-state index in [0.717, 1.165) is 22.3 Å². The third-order valence-corrected chi connectivity index (χ3v) is 7.20. The Balaban J connectivity index is 1.64. The molecule has 0 fully saturated rings. The zero-order valence-corrected chi connectivity index (χ0v) is 20.4. The molecule has 5 rings (SSSR count). The van der Waals surface area contributed by atoms with E-state index in [-0.39, 0.29) is 11.8 Å². The van der Waals surface area contributed by atoms with Gasteiger partial charge in [-0.05, 0) is 53.8 Å². The van der Waals surface area contributed by atoms with E-state index in [2.05, 4.69) is 0 Å². The minimum Gasteiger partial charge on any atom is -0.493 e. The van der Waals surface area contributed by atoms with Crippen LogP contribution in [-0.4, -0.2) is 48.9 Å². The lowest BCUT2D eigenvalue weighted by atomic mass is 9.75. The van der Waals surface area contributed by atoms with Gasteiger partial charge in [-0.3, -0.25) is 9.59 Å². The fourth-order valence-corrected chi connectivity index (χ4v) is 5.47. The van der Waals surface area contributed by atoms with Gasteiger partial charge < -0.3 is 19.3 Å². The summed E-state index contributed by atoms with van der Waals surface area (Å²) in [6.07, 6.45) is 0.697. The third-order valence-electron chi connectivity index (χ3n) is 7.20. The Labute approximate surface area is 206 Å². The zero-order valence-electron chi connectivity index (χ0n) is 20.4. The molecule has 2 atom stereocenters. The van der Waals surface area contributed by atoms with Gasteiger partial charge in [0.15, 0.2) is 11.5 Å². The molecule has 0 bridgehead atoms. The molecule has 0 saturated heterocycles. The molecule has 0 radical (unpaired) electrons. The molecule has 180 valence electrons. The molecule has 0 spiro atoms. The number of hydrogen-bond acceptors (Lipinski definition) is 4. The predicted molar refractivity (Wildman–Crippen MR) is 134 cm³/mol. The van der Waals surface area contributed by atoms with E-state index >= 15 is 0 Å². The monoisotopic (exact) mass is 470 g/mol. The molecular weight excluding hydrogens is 440 g/mol. The summed E-state index contributed by atoms with van der Waals surface area (Å²) in [5.74, 6) is 0.742. The zero-order chi connectivity index (χ0) is 24.5. The lowest BCUT2D eigenvalue weighted by Gasteiger charge is -2.46. The van der Waals surface area contributed by atoms with Gasteiger partial charge in [0.2, 0.25) is 5.91 Å². The minimum absolute atomic E-state index is 0.0222. The number of methoxy groups -OCH3 is 2. The maximum Gasteiger partial charge on any atom is 0.254 e. The Hall–Kier alpha value is -3.80. The molecule has 3 aromatic rings. The second kappa shape index (κ2) is 9.45. The van der Waals surface area contributed by atoms with Crippen molar-refractivity contribution in [3.63, 3.8) is 0 Å². The van der Waals surface area contributed by atoms with Crippen LogP contribution in [0.5, 0.6) is 11.5 Å². The molecule has 0 aromatic heterocycles. The quantitative estimate of drug-likeness (QED) is 0.529. The number of benzene rings is 3. The largest absolute Gasteiger partial charge is 0.493 e. The van der Waals surface area contributed by atoms with Crippen LogP contribution in [0, 0.1) is 0 Å². The van der Waals surface area contributed by atoms with Crippen molar-refractivity contribution in [3.05, 3.63) is 94.5 Å². The molecule has 0 N–H and O–H groups in total. The highest BCUT2D eigenvalue weighted by Crippen LogP contribution is 2.48. The predicted octanol–water partition coefficient (Wildman–Crippen LogP) is 4.59. The number of ether oxygens (including phenoxy) is 2. The van der Waals surface area contributed by atoms with E-state index < -0.39 is 12.0 Å². The van der Waals surface area contributed by atoms with E-state index in [1.807, 2.05) is 83.5 Å². The van der Waals surface area contributed by atoms with Gasteiger partial charge in [0.1, 0.15) is 0 Å². The molecule has 0 saturated carbocycles. The molecule has 6 heteroatoms. The fraction of sp³-hybridized carbons (Fsp3) is 0.310. The summed E-state index contributed by atoms with van der Waals surface area (Å²) in [6, 6.07) is 21.1. The lowest BCUT2D eigenvalue weighted by Crippen LogP contribution is -2.50. The highest BCUT2D eigenvalue weighted by Gasteiger charge is 2.47. The molecule has 0 aliphatic carbocycles. The van der Waals surface area contributed by atoms with Crippen LogP contribution in [0.15, 0.2) is 66.7 Å². The smallest absolute Gasteiger partial charge is 0.254 e. The van der Waals surface area contributed by atoms with Crippen molar-refractivity contribution in [2.45, 2.75) is 31.8 Å². The number of hydrogen-bond donors (Lipinski definition) is 0. The van der Waals surface area contributed by atoms with Crippen molar-refractivity contribution in [2.24, 2.45) is 0 Å². The molecule has 3 aromatic carbocycles. The summed E-state index contributed by atoms with van der Waals surface area (Å²) in [7, 11) is 3.22. The maximum atomic E-state index is 14.3. The molecule has 2 heterocycles. The summed E-state index contributed by atoms with van der Waals surface area (Å²) < 4.78 is 11.1. The van der Waals surface area contributed by atoms with Crippen molar-refractivity contribution >= 4 is 11.8 Å². The molecular formula is C29H30N2O4. The van der Waals surface area contributed by atoms with Gasteiger partial charge in [-0.1, -0.05) is 48.5 Å². The highest BCUT2D eigenvalue weighted by atomic mass is 16.5. The molecule has 2 amide bonds. The summed E-state index contributed by atoms with van der Waals surface area (Å²) in [5, 5.41) is 0. The SMILES string of the molecule is CCN(Cc1ccccc1)C(=O)[C@H]1c2ccccc2C(=O)N2CCc3cc(OC)c(OC)cc3[C@H]12. The Morgan fingerprint density at radius 3 is 2.37 bits per heavy atom. The first-order valence-corrected chi connectivity index (χ1v) is 12.0. The Kier molecular flexibility index (Phi) is 6.20. The van der Waals surface area contributed by atoms with Crippen molar-refractivity contribution in [1.29, 1.82) is 0 Å². The second-order valence-electron chi connectivity index (χ2n) is 9.00. The first-order valence-electron chi connectivity index (χ1n) is 12.0. The van der Waals surface area contributed by atoms with Gasteiger partial charge in [-0.25, -0.2) is 0 Å². The van der Waals surface area contributed by atoms with Crippen LogP contribution in [0.1, 0.15) is 51.5 Å². The number of carbonyl (C=O) groups is 2. The van der Waals surface area contributed by atoms with E-state index in [0.29, 0.717) is 43.1 Å². The molecule has 2 aliphatic rings. The molecule has 0 unspecified atom stereocenters. The summed E-state index contributed by atoms with van der Waals surface area (Å²) >= 11 is 0. The van der Waals surface area contributed by atoms with Crippen LogP contribution in [0.25, 0.3) is 0 Å². The Bertz CT molecular complexity index is 1260. The van der Waals surface area contributed by atoms with Gasteiger partial charge in [0.05, 0.1) is 26.2 Å². The standard InChI is InChI=1S/C29H30N2O4/c1-4-30(18-19-10-6-5-7-11-19)29(33)26-21-12-8-9-13-22(21)28(32)31-15-14-20-16-24(34-2)25(35-3)17-23(20)27(26)31/h5-13,16-17,26-27H,4,14-15,18H2,1-3H3/t26-,27+/m0/s1. The van der Waals surface area contributed by atoms with E-state index in [1.54, 1.807) is 14.2 Å². The van der Waals surface area contributed by atoms with Crippen LogP contribution >= 0.6 is 0 Å². The number of likely N-dealkylation sites (N-methyl/N-ethyl adjacent to an activating group) is 1. The van der Waals surface area contributed by atoms with E-state index in [9.17, 15) is 9.59 Å². The Morgan fingerprint density at radius 1 is 0.971 bits per heavy atom. The lowest BCUT2D eigenvalue weighted by molar-refractivity contribution is -0.135. The highest BCUT2D eigenvalue weighted by molar-refractivity contribution is 6.01. The number of amides is 2. The van der Waals surface area contributed by atoms with Crippen LogP contribution in [-0.2, 0) is 17.8 Å². The summed E-state index contributed by atoms with van der Waals surface area (Å²) in [4.78, 5) is 31.6. The first-order chi connectivity index (χ1) is 17.1. The van der Waals surface area contributed by atoms with Gasteiger partial charge >= 0.3 is 0 Å². The van der Waals surface area contributed by atoms with Crippen molar-refractivity contribution in [1.82, 2.24) is 9.80 Å². The normalized spacial score (nSPS) is 18.3. The first kappa shape index (κ1) is 23.0. The minimum atomic E-state index is -0.510. The van der Waals surface area contributed by atoms with Crippen LogP contribution in [0.4, 0.5) is 0 Å². The number of nitrogens with zero attached hydrogens (tertiary/aromatic N) is 2. The van der Waals surface area contributed by atoms with Crippen molar-refractivity contribution in [2.75, 3.05) is 27.3 Å². The van der Waals surface area contributed by atoms with Gasteiger partial charge in [-0.2, -0.15) is 0 Å². The van der Waals surface area contributed by atoms with Crippen LogP contribution in [0.2, 0.25) is 0 Å². The van der Waals surface area contributed by atoms with Crippen LogP contribution < -0.4 is 9.47 Å². The number of rotatable bonds is 6. The topological polar surface area (TPSA) is 59.1 Å². The Morgan fingerprint density at radius 2 is 1.66 bits per heavy atom.